The van der Waals surface area contributed by atoms with E-state index >= 15 is 0 Å². The lowest BCUT2D eigenvalue weighted by molar-refractivity contribution is -0.137. The molecule has 1 aliphatic rings. The summed E-state index contributed by atoms with van der Waals surface area (Å²) in [6.07, 6.45) is -0.407. The highest BCUT2D eigenvalue weighted by Crippen LogP contribution is 2.34. The van der Waals surface area contributed by atoms with Crippen molar-refractivity contribution >= 4 is 118 Å². The molecule has 0 bridgehead atoms. The summed E-state index contributed by atoms with van der Waals surface area (Å²) in [5.74, 6) is -11.8. The smallest absolute Gasteiger partial charge is 0.345 e. The summed E-state index contributed by atoms with van der Waals surface area (Å²) < 4.78 is 1.24. The van der Waals surface area contributed by atoms with Crippen molar-refractivity contribution in [1.29, 1.82) is 0 Å². The zero-order valence-corrected chi connectivity index (χ0v) is 68.5. The first-order valence-corrected chi connectivity index (χ1v) is 40.3. The zero-order valence-electron chi connectivity index (χ0n) is 67.7. The van der Waals surface area contributed by atoms with Crippen LogP contribution in [0.1, 0.15) is 119 Å². The molecule has 0 spiro atoms. The van der Waals surface area contributed by atoms with E-state index in [2.05, 4.69) is 79.2 Å². The Hall–Kier alpha value is -11.4. The Balaban J connectivity index is 1.15. The fourth-order valence-electron chi connectivity index (χ4n) is 12.5. The van der Waals surface area contributed by atoms with Gasteiger partial charge in [0, 0.05) is 67.9 Å². The summed E-state index contributed by atoms with van der Waals surface area (Å²) in [4.78, 5) is 204. The summed E-state index contributed by atoms with van der Waals surface area (Å²) in [6.45, 7) is 4.44. The minimum absolute atomic E-state index is 0.0171. The molecule has 0 unspecified atom stereocenters. The van der Waals surface area contributed by atoms with Gasteiger partial charge in [-0.2, -0.15) is 9.78 Å². The van der Waals surface area contributed by atoms with Gasteiger partial charge >= 0.3 is 6.03 Å². The van der Waals surface area contributed by atoms with Gasteiger partial charge < -0.3 is 119 Å². The second-order valence-electron chi connectivity index (χ2n) is 29.0. The number of pyridine rings is 1. The number of likely N-dealkylation sites (N-methyl/N-ethyl adjacent to an activating group) is 1. The Bertz CT molecular complexity index is 4310. The van der Waals surface area contributed by atoms with Crippen LogP contribution in [-0.4, -0.2) is 258 Å². The Kier molecular flexibility index (Phi) is 39.8. The van der Waals surface area contributed by atoms with Gasteiger partial charge in [-0.05, 0) is 170 Å². The number of nitrogens with two attached hydrogens (primary N) is 6. The molecule has 40 heteroatoms. The SMILES string of the molecule is CNC(=O)c1ccccc1Sc1ccc2c(/C=C/c3ccccn3)nn(C(=O)N(C)CCNC(=O)[C@@H](N)CCC(=O)N[C@@H](CCN)C(=O)N[C@H](C(=O)N[C@@H](CCN)C(=O)N[C@H]3CCNC(=O)[C@H]([C@@H](C)O)NC(=O)[C@H](CCCN)NC(=O)[C@H](CCN)NC(=O)[C@H](CC(C)C)NC(=O)[C@@H](Cc4ccccc4)NC(=O)[C@H](CCN)NC3=O)[C@@H](C)O)c2c1. The van der Waals surface area contributed by atoms with Gasteiger partial charge in [-0.15, -0.1) is 0 Å². The third-order valence-electron chi connectivity index (χ3n) is 19.1. The lowest BCUT2D eigenvalue weighted by Crippen LogP contribution is -2.62. The number of aromatic nitrogens is 3. The Morgan fingerprint density at radius 3 is 1.84 bits per heavy atom. The number of aliphatic hydroxyl groups is 2. The first-order valence-electron chi connectivity index (χ1n) is 39.5. The van der Waals surface area contributed by atoms with Crippen LogP contribution in [-0.2, 0) is 64.0 Å². The molecule has 14 amide bonds. The maximum atomic E-state index is 14.8. The Labute approximate surface area is 693 Å². The van der Waals surface area contributed by atoms with Crippen LogP contribution in [0, 0.1) is 5.92 Å². The Morgan fingerprint density at radius 2 is 1.23 bits per heavy atom. The highest BCUT2D eigenvalue weighted by Gasteiger charge is 2.38. The minimum Gasteiger partial charge on any atom is -0.391 e. The molecule has 3 aromatic carbocycles. The maximum Gasteiger partial charge on any atom is 0.345 e. The van der Waals surface area contributed by atoms with Crippen LogP contribution in [0.2, 0.25) is 0 Å². The molecule has 27 N–H and O–H groups in total. The predicted octanol–water partition coefficient (Wildman–Crippen LogP) is -4.21. The first-order chi connectivity index (χ1) is 56.8. The zero-order chi connectivity index (χ0) is 87.4. The molecule has 0 aliphatic carbocycles. The molecule has 0 saturated carbocycles. The lowest BCUT2D eigenvalue weighted by atomic mass is 10.00. The molecular formula is C79H115N23O16S. The van der Waals surface area contributed by atoms with Crippen molar-refractivity contribution < 1.29 is 77.3 Å². The summed E-state index contributed by atoms with van der Waals surface area (Å²) in [7, 11) is 3.05. The van der Waals surface area contributed by atoms with E-state index in [1.54, 1.807) is 86.8 Å². The number of amides is 14. The number of carbonyl (C=O) groups excluding carboxylic acids is 14. The standard InChI is InChI=1S/C79H115N23O16S/c1-44(2)41-60-75(114)93-56(28-34-82)69(108)91-54(19-14-32-80)73(112)98-65(45(3)103)77(116)88-38-31-59(72(111)92-57(29-35-83)71(110)97-61(76(115)96-60)42-47-15-8-7-9-16-47)94-70(109)58(30-36-84)95-78(117)66(46(4)104)99-74(113)55(27-33-81)90-64(105)26-24-52(85)68(107)89-39-40-101(6)79(118)102-62-43-49(119-63-20-11-10-18-51(63)67(106)86-5)22-23-50(62)53(100-102)25-21-48-17-12-13-37-87-48/h7-13,15-18,20-23,25,37,43-46,52,54-61,65-66,103-104H,14,19,24,26-36,38-42,80-85H2,1-6H3,(H,86,106)(H,88,116)(H,89,107)(H,90,105)(H,91,108)(H,92,111)(H,93,114)(H,94,109)(H,95,117)(H,96,115)(H,97,110)(H,98,112)(H,99,113)/b25-21+/t45-,46-,52+,54+,55+,56+,57+,58+,59+,60+,61-,65+,66+/m1/s1. The van der Waals surface area contributed by atoms with Crippen LogP contribution in [0.5, 0.6) is 0 Å². The normalized spacial score (nSPS) is 19.6. The maximum absolute atomic E-state index is 14.8. The van der Waals surface area contributed by atoms with Crippen LogP contribution >= 0.6 is 11.8 Å². The average Bonchev–Trinajstić information content (AvgIpc) is 1.63. The summed E-state index contributed by atoms with van der Waals surface area (Å²) in [5.41, 5.74) is 38.4. The van der Waals surface area contributed by atoms with Crippen molar-refractivity contribution in [2.45, 2.75) is 187 Å². The first kappa shape index (κ1) is 96.5. The number of hydrogen-bond donors (Lipinski definition) is 21. The van der Waals surface area contributed by atoms with Crippen molar-refractivity contribution in [3.05, 3.63) is 120 Å². The molecular weight excluding hydrogens is 1560 g/mol. The number of rotatable bonds is 36. The molecule has 6 rings (SSSR count). The van der Waals surface area contributed by atoms with E-state index in [0.29, 0.717) is 43.2 Å². The number of nitrogens with zero attached hydrogens (tertiary/aromatic N) is 4. The molecule has 648 valence electrons. The molecule has 1 aliphatic heterocycles. The van der Waals surface area contributed by atoms with Gasteiger partial charge in [0.25, 0.3) is 5.91 Å². The van der Waals surface area contributed by atoms with Gasteiger partial charge in [0.1, 0.15) is 60.4 Å². The lowest BCUT2D eigenvalue weighted by Gasteiger charge is -2.29. The minimum atomic E-state index is -1.86. The van der Waals surface area contributed by atoms with E-state index in [0.717, 1.165) is 6.92 Å². The van der Waals surface area contributed by atoms with E-state index in [9.17, 15) is 77.3 Å². The quantitative estimate of drug-likeness (QED) is 0.0181. The van der Waals surface area contributed by atoms with Gasteiger partial charge in [-0.3, -0.25) is 67.3 Å². The van der Waals surface area contributed by atoms with Crippen molar-refractivity contribution in [2.75, 3.05) is 66.5 Å². The van der Waals surface area contributed by atoms with E-state index in [1.807, 2.05) is 36.4 Å². The van der Waals surface area contributed by atoms with Crippen LogP contribution in [0.25, 0.3) is 23.1 Å². The molecule has 39 nitrogen and oxygen atoms in total. The molecule has 5 aromatic rings. The monoisotopic (exact) mass is 1670 g/mol. The van der Waals surface area contributed by atoms with Crippen molar-refractivity contribution in [2.24, 2.45) is 40.3 Å². The summed E-state index contributed by atoms with van der Waals surface area (Å²) in [6, 6.07) is 9.03. The fraction of sp³-hybridized carbons (Fsp3) is 0.494. The predicted molar refractivity (Wildman–Crippen MR) is 443 cm³/mol. The largest absolute Gasteiger partial charge is 0.391 e. The molecule has 119 heavy (non-hydrogen) atoms. The summed E-state index contributed by atoms with van der Waals surface area (Å²) >= 11 is 1.32. The highest BCUT2D eigenvalue weighted by atomic mass is 32.2. The van der Waals surface area contributed by atoms with Crippen LogP contribution in [0.15, 0.2) is 107 Å². The van der Waals surface area contributed by atoms with E-state index in [4.69, 9.17) is 34.4 Å². The average molecular weight is 1680 g/mol. The van der Waals surface area contributed by atoms with Crippen LogP contribution in [0.4, 0.5) is 4.79 Å². The fourth-order valence-corrected chi connectivity index (χ4v) is 13.5. The molecule has 1 fully saturated rings. The van der Waals surface area contributed by atoms with Gasteiger partial charge in [0.2, 0.25) is 70.9 Å². The van der Waals surface area contributed by atoms with E-state index < -0.39 is 175 Å². The third kappa shape index (κ3) is 30.2. The van der Waals surface area contributed by atoms with Crippen LogP contribution in [0.3, 0.4) is 0 Å². The molecule has 3 heterocycles. The number of fused-ring (bicyclic) bond motifs is 1. The van der Waals surface area contributed by atoms with Gasteiger partial charge in [0.15, 0.2) is 0 Å². The van der Waals surface area contributed by atoms with Gasteiger partial charge in [-0.25, -0.2) is 4.79 Å². The van der Waals surface area contributed by atoms with E-state index in [1.165, 1.54) is 42.4 Å². The van der Waals surface area contributed by atoms with Crippen LogP contribution < -0.4 is 104 Å². The topological polar surface area (TPSA) is 626 Å². The second kappa shape index (κ2) is 49.1. The van der Waals surface area contributed by atoms with Gasteiger partial charge in [0.05, 0.1) is 40.7 Å². The number of carbonyl (C=O) groups is 14. The summed E-state index contributed by atoms with van der Waals surface area (Å²) in [5, 5.41) is 60.6. The number of aliphatic hydroxyl groups excluding tert-OH is 2. The van der Waals surface area contributed by atoms with E-state index in [-0.39, 0.29) is 115 Å². The van der Waals surface area contributed by atoms with Crippen molar-refractivity contribution in [1.82, 2.24) is 88.8 Å². The number of benzene rings is 3. The molecule has 1 saturated heterocycles. The number of nitrogens with one attached hydrogen (secondary N) is 13. The second-order valence-corrected chi connectivity index (χ2v) is 30.1. The van der Waals surface area contributed by atoms with Gasteiger partial charge in [-0.1, -0.05) is 74.1 Å². The molecule has 0 radical (unpaired) electrons. The molecule has 2 aromatic heterocycles. The number of hydrogen-bond acceptors (Lipinski definition) is 25. The third-order valence-corrected chi connectivity index (χ3v) is 20.2. The highest BCUT2D eigenvalue weighted by molar-refractivity contribution is 7.99. The Morgan fingerprint density at radius 1 is 0.630 bits per heavy atom. The van der Waals surface area contributed by atoms with Crippen molar-refractivity contribution in [3.8, 4) is 0 Å². The molecule has 13 atom stereocenters. The van der Waals surface area contributed by atoms with Crippen molar-refractivity contribution in [3.63, 3.8) is 0 Å².